The van der Waals surface area contributed by atoms with E-state index in [1.807, 2.05) is 0 Å². The van der Waals surface area contributed by atoms with Crippen LogP contribution in [0.4, 0.5) is 8.78 Å². The fourth-order valence-corrected chi connectivity index (χ4v) is 2.30. The Labute approximate surface area is 147 Å². The molecule has 1 aromatic heterocycles. The Bertz CT molecular complexity index is 928. The number of hydrogen-bond donors (Lipinski definition) is 1. The number of ether oxygens (including phenoxy) is 2. The Kier molecular flexibility index (Phi) is 5.21. The molecule has 8 heteroatoms. The topological polar surface area (TPSA) is 77.1 Å². The highest BCUT2D eigenvalue weighted by molar-refractivity contribution is 5.93. The molecule has 1 N–H and O–H groups in total. The number of hydrogen-bond acceptors (Lipinski definition) is 5. The zero-order chi connectivity index (χ0) is 18.5. The third-order valence-corrected chi connectivity index (χ3v) is 3.51. The van der Waals surface area contributed by atoms with Crippen LogP contribution in [0, 0.1) is 11.6 Å². The average molecular weight is 359 g/mol. The average Bonchev–Trinajstić information content (AvgIpc) is 3.13. The number of esters is 1. The highest BCUT2D eigenvalue weighted by Crippen LogP contribution is 2.25. The van der Waals surface area contributed by atoms with E-state index in [1.165, 1.54) is 6.07 Å². The van der Waals surface area contributed by atoms with Gasteiger partial charge in [-0.1, -0.05) is 18.2 Å². The number of H-pyrrole nitrogens is 1. The van der Waals surface area contributed by atoms with Crippen LogP contribution >= 0.6 is 0 Å². The predicted octanol–water partition coefficient (Wildman–Crippen LogP) is 3.51. The summed E-state index contributed by atoms with van der Waals surface area (Å²) in [5.41, 5.74) is 1.50. The van der Waals surface area contributed by atoms with Gasteiger partial charge in [-0.25, -0.2) is 13.6 Å². The summed E-state index contributed by atoms with van der Waals surface area (Å²) < 4.78 is 36.8. The maximum absolute atomic E-state index is 13.2. The SMILES string of the molecule is CCOC(=O)c1n[nH]nc1-c1cccc(OCc2ccc(F)c(F)c2)c1. The van der Waals surface area contributed by atoms with Crippen LogP contribution in [-0.4, -0.2) is 28.0 Å². The molecule has 2 aromatic carbocycles. The van der Waals surface area contributed by atoms with E-state index in [9.17, 15) is 13.6 Å². The van der Waals surface area contributed by atoms with E-state index in [1.54, 1.807) is 31.2 Å². The van der Waals surface area contributed by atoms with Gasteiger partial charge in [-0.2, -0.15) is 10.3 Å². The van der Waals surface area contributed by atoms with Gasteiger partial charge in [0.05, 0.1) is 6.61 Å². The molecule has 0 amide bonds. The largest absolute Gasteiger partial charge is 0.489 e. The molecule has 26 heavy (non-hydrogen) atoms. The first-order valence-corrected chi connectivity index (χ1v) is 7.83. The monoisotopic (exact) mass is 359 g/mol. The molecule has 6 nitrogen and oxygen atoms in total. The molecule has 0 unspecified atom stereocenters. The lowest BCUT2D eigenvalue weighted by atomic mass is 10.1. The molecule has 0 aliphatic carbocycles. The van der Waals surface area contributed by atoms with Crippen molar-refractivity contribution in [2.45, 2.75) is 13.5 Å². The minimum Gasteiger partial charge on any atom is -0.489 e. The number of rotatable bonds is 6. The van der Waals surface area contributed by atoms with E-state index in [0.29, 0.717) is 22.6 Å². The van der Waals surface area contributed by atoms with Gasteiger partial charge < -0.3 is 9.47 Å². The Morgan fingerprint density at radius 1 is 1.12 bits per heavy atom. The van der Waals surface area contributed by atoms with E-state index >= 15 is 0 Å². The molecule has 1 heterocycles. The van der Waals surface area contributed by atoms with Crippen LogP contribution in [0.1, 0.15) is 23.0 Å². The van der Waals surface area contributed by atoms with Gasteiger partial charge >= 0.3 is 5.97 Å². The van der Waals surface area contributed by atoms with E-state index < -0.39 is 17.6 Å². The van der Waals surface area contributed by atoms with Crippen molar-refractivity contribution in [2.75, 3.05) is 6.61 Å². The first-order chi connectivity index (χ1) is 12.6. The number of aromatic nitrogens is 3. The van der Waals surface area contributed by atoms with Crippen LogP contribution in [0.3, 0.4) is 0 Å². The number of nitrogens with zero attached hydrogens (tertiary/aromatic N) is 2. The molecule has 0 fully saturated rings. The van der Waals surface area contributed by atoms with Crippen molar-refractivity contribution in [3.8, 4) is 17.0 Å². The number of carbonyl (C=O) groups excluding carboxylic acids is 1. The van der Waals surface area contributed by atoms with Gasteiger partial charge in [0, 0.05) is 5.56 Å². The zero-order valence-corrected chi connectivity index (χ0v) is 13.8. The standard InChI is InChI=1S/C18H15F2N3O3/c1-2-25-18(24)17-16(21-23-22-17)12-4-3-5-13(9-12)26-10-11-6-7-14(19)15(20)8-11/h3-9H,2,10H2,1H3,(H,21,22,23). The normalized spacial score (nSPS) is 10.6. The van der Waals surface area contributed by atoms with E-state index in [0.717, 1.165) is 12.1 Å². The van der Waals surface area contributed by atoms with Crippen LogP contribution in [0.2, 0.25) is 0 Å². The van der Waals surface area contributed by atoms with Gasteiger partial charge in [-0.15, -0.1) is 5.10 Å². The van der Waals surface area contributed by atoms with Crippen molar-refractivity contribution in [3.05, 3.63) is 65.4 Å². The summed E-state index contributed by atoms with van der Waals surface area (Å²) in [4.78, 5) is 11.9. The zero-order valence-electron chi connectivity index (χ0n) is 13.8. The summed E-state index contributed by atoms with van der Waals surface area (Å²) in [6.45, 7) is 1.98. The third kappa shape index (κ3) is 3.85. The van der Waals surface area contributed by atoms with Crippen molar-refractivity contribution in [3.63, 3.8) is 0 Å². The molecule has 3 rings (SSSR count). The lowest BCUT2D eigenvalue weighted by Crippen LogP contribution is -2.06. The molecule has 0 atom stereocenters. The molecule has 0 radical (unpaired) electrons. The molecular formula is C18H15F2N3O3. The van der Waals surface area contributed by atoms with Gasteiger partial charge in [-0.3, -0.25) is 0 Å². The number of halogens is 2. The summed E-state index contributed by atoms with van der Waals surface area (Å²) in [5, 5.41) is 10.2. The number of aromatic amines is 1. The first kappa shape index (κ1) is 17.5. The summed E-state index contributed by atoms with van der Waals surface area (Å²) in [6.07, 6.45) is 0. The molecule has 0 saturated heterocycles. The minimum absolute atomic E-state index is 0.0597. The molecule has 134 valence electrons. The molecule has 0 bridgehead atoms. The molecular weight excluding hydrogens is 344 g/mol. The smallest absolute Gasteiger partial charge is 0.361 e. The second-order valence-electron chi connectivity index (χ2n) is 5.31. The Balaban J connectivity index is 1.77. The maximum atomic E-state index is 13.2. The van der Waals surface area contributed by atoms with Gasteiger partial charge in [-0.05, 0) is 36.8 Å². The highest BCUT2D eigenvalue weighted by atomic mass is 19.2. The van der Waals surface area contributed by atoms with Gasteiger partial charge in [0.15, 0.2) is 17.3 Å². The lowest BCUT2D eigenvalue weighted by molar-refractivity contribution is 0.0520. The maximum Gasteiger partial charge on any atom is 0.361 e. The molecule has 3 aromatic rings. The first-order valence-electron chi connectivity index (χ1n) is 7.83. The quantitative estimate of drug-likeness (QED) is 0.682. The summed E-state index contributed by atoms with van der Waals surface area (Å²) >= 11 is 0. The van der Waals surface area contributed by atoms with Gasteiger partial charge in [0.1, 0.15) is 18.1 Å². The Hall–Kier alpha value is -3.29. The fraction of sp³-hybridized carbons (Fsp3) is 0.167. The number of benzene rings is 2. The van der Waals surface area contributed by atoms with Crippen molar-refractivity contribution in [1.29, 1.82) is 0 Å². The molecule has 0 saturated carbocycles. The van der Waals surface area contributed by atoms with Gasteiger partial charge in [0.2, 0.25) is 0 Å². The third-order valence-electron chi connectivity index (χ3n) is 3.51. The molecule has 0 spiro atoms. The summed E-state index contributed by atoms with van der Waals surface area (Å²) in [7, 11) is 0. The van der Waals surface area contributed by atoms with Crippen molar-refractivity contribution in [1.82, 2.24) is 15.4 Å². The fourth-order valence-electron chi connectivity index (χ4n) is 2.30. The number of nitrogens with one attached hydrogen (secondary N) is 1. The van der Waals surface area contributed by atoms with Crippen LogP contribution in [-0.2, 0) is 11.3 Å². The van der Waals surface area contributed by atoms with E-state index in [2.05, 4.69) is 15.4 Å². The highest BCUT2D eigenvalue weighted by Gasteiger charge is 2.19. The molecule has 0 aliphatic rings. The van der Waals surface area contributed by atoms with Crippen LogP contribution < -0.4 is 4.74 Å². The van der Waals surface area contributed by atoms with Crippen molar-refractivity contribution >= 4 is 5.97 Å². The van der Waals surface area contributed by atoms with Crippen molar-refractivity contribution < 1.29 is 23.0 Å². The molecule has 0 aliphatic heterocycles. The van der Waals surface area contributed by atoms with E-state index in [4.69, 9.17) is 9.47 Å². The Morgan fingerprint density at radius 3 is 2.73 bits per heavy atom. The Morgan fingerprint density at radius 2 is 1.96 bits per heavy atom. The van der Waals surface area contributed by atoms with Crippen molar-refractivity contribution in [2.24, 2.45) is 0 Å². The lowest BCUT2D eigenvalue weighted by Gasteiger charge is -2.08. The summed E-state index contributed by atoms with van der Waals surface area (Å²) in [5.74, 6) is -1.94. The van der Waals surface area contributed by atoms with Crippen LogP contribution in [0.5, 0.6) is 5.75 Å². The second-order valence-corrected chi connectivity index (χ2v) is 5.31. The summed E-state index contributed by atoms with van der Waals surface area (Å²) in [6, 6.07) is 10.4. The minimum atomic E-state index is -0.929. The van der Waals surface area contributed by atoms with Gasteiger partial charge in [0.25, 0.3) is 0 Å². The van der Waals surface area contributed by atoms with Crippen LogP contribution in [0.25, 0.3) is 11.3 Å². The van der Waals surface area contributed by atoms with Crippen LogP contribution in [0.15, 0.2) is 42.5 Å². The second kappa shape index (κ2) is 7.73. The van der Waals surface area contributed by atoms with E-state index in [-0.39, 0.29) is 18.9 Å². The predicted molar refractivity (Wildman–Crippen MR) is 88.5 cm³/mol. The number of carbonyl (C=O) groups is 1.